The van der Waals surface area contributed by atoms with Crippen LogP contribution in [0.5, 0.6) is 5.75 Å². The van der Waals surface area contributed by atoms with Gasteiger partial charge in [0.1, 0.15) is 12.4 Å². The van der Waals surface area contributed by atoms with Crippen molar-refractivity contribution < 1.29 is 9.53 Å². The predicted molar refractivity (Wildman–Crippen MR) is 133 cm³/mol. The summed E-state index contributed by atoms with van der Waals surface area (Å²) in [5, 5.41) is 12.8. The number of nitrogens with zero attached hydrogens (tertiary/aromatic N) is 3. The summed E-state index contributed by atoms with van der Waals surface area (Å²) in [5.41, 5.74) is 2.75. The summed E-state index contributed by atoms with van der Waals surface area (Å²) in [4.78, 5) is 12.5. The number of anilines is 1. The number of ether oxygens (including phenoxy) is 1. The van der Waals surface area contributed by atoms with Crippen molar-refractivity contribution in [3.63, 3.8) is 0 Å². The number of rotatable bonds is 9. The van der Waals surface area contributed by atoms with Crippen LogP contribution in [0, 0.1) is 0 Å². The molecule has 1 N–H and O–H groups in total. The van der Waals surface area contributed by atoms with Crippen LogP contribution in [0.15, 0.2) is 84.0 Å². The largest absolute Gasteiger partial charge is 0.489 e. The zero-order valence-corrected chi connectivity index (χ0v) is 19.6. The quantitative estimate of drug-likeness (QED) is 0.302. The summed E-state index contributed by atoms with van der Waals surface area (Å²) in [7, 11) is 0. The molecule has 0 radical (unpaired) electrons. The summed E-state index contributed by atoms with van der Waals surface area (Å²) in [6, 6.07) is 24.8. The number of halogens is 1. The maximum atomic E-state index is 12.5. The highest BCUT2D eigenvalue weighted by Gasteiger charge is 2.14. The van der Waals surface area contributed by atoms with Gasteiger partial charge < -0.3 is 14.6 Å². The van der Waals surface area contributed by atoms with E-state index in [1.54, 1.807) is 0 Å². The van der Waals surface area contributed by atoms with Gasteiger partial charge >= 0.3 is 0 Å². The average molecular weight is 479 g/mol. The molecule has 0 aliphatic heterocycles. The molecule has 8 heteroatoms. The van der Waals surface area contributed by atoms with Gasteiger partial charge in [-0.3, -0.25) is 4.79 Å². The lowest BCUT2D eigenvalue weighted by Crippen LogP contribution is -2.14. The lowest BCUT2D eigenvalue weighted by Gasteiger charge is -2.09. The second-order valence-electron chi connectivity index (χ2n) is 7.19. The van der Waals surface area contributed by atoms with E-state index in [2.05, 4.69) is 15.5 Å². The molecule has 0 fully saturated rings. The lowest BCUT2D eigenvalue weighted by molar-refractivity contribution is -0.113. The first-order chi connectivity index (χ1) is 16.1. The van der Waals surface area contributed by atoms with E-state index >= 15 is 0 Å². The van der Waals surface area contributed by atoms with Crippen molar-refractivity contribution in [3.05, 3.63) is 89.4 Å². The molecule has 1 aromatic heterocycles. The number of aromatic nitrogens is 3. The van der Waals surface area contributed by atoms with Gasteiger partial charge in [0, 0.05) is 22.8 Å². The van der Waals surface area contributed by atoms with Crippen LogP contribution in [0.4, 0.5) is 5.69 Å². The highest BCUT2D eigenvalue weighted by atomic mass is 35.5. The first-order valence-electron chi connectivity index (χ1n) is 10.5. The van der Waals surface area contributed by atoms with Crippen LogP contribution in [0.2, 0.25) is 5.02 Å². The van der Waals surface area contributed by atoms with E-state index < -0.39 is 0 Å². The molecule has 0 aliphatic rings. The molecule has 33 heavy (non-hydrogen) atoms. The Bertz CT molecular complexity index is 1200. The van der Waals surface area contributed by atoms with E-state index in [9.17, 15) is 4.79 Å². The minimum absolute atomic E-state index is 0.114. The van der Waals surface area contributed by atoms with E-state index in [1.165, 1.54) is 11.8 Å². The lowest BCUT2D eigenvalue weighted by atomic mass is 10.2. The number of hydrogen-bond acceptors (Lipinski definition) is 5. The van der Waals surface area contributed by atoms with Crippen molar-refractivity contribution >= 4 is 35.0 Å². The average Bonchev–Trinajstić information content (AvgIpc) is 3.26. The van der Waals surface area contributed by atoms with Gasteiger partial charge in [-0.15, -0.1) is 10.2 Å². The Morgan fingerprint density at radius 1 is 1.00 bits per heavy atom. The van der Waals surface area contributed by atoms with E-state index in [0.717, 1.165) is 22.7 Å². The van der Waals surface area contributed by atoms with Gasteiger partial charge in [-0.25, -0.2) is 0 Å². The third-order valence-electron chi connectivity index (χ3n) is 4.85. The molecule has 0 bridgehead atoms. The summed E-state index contributed by atoms with van der Waals surface area (Å²) in [6.45, 7) is 3.22. The Hall–Kier alpha value is -3.29. The molecule has 0 aliphatic carbocycles. The first-order valence-corrected chi connectivity index (χ1v) is 11.9. The minimum atomic E-state index is -0.114. The van der Waals surface area contributed by atoms with Crippen molar-refractivity contribution in [3.8, 4) is 17.1 Å². The third kappa shape index (κ3) is 6.15. The number of nitrogens with one attached hydrogen (secondary N) is 1. The Kier molecular flexibility index (Phi) is 7.65. The highest BCUT2D eigenvalue weighted by molar-refractivity contribution is 7.99. The third-order valence-corrected chi connectivity index (χ3v) is 6.07. The fraction of sp³-hybridized carbons (Fsp3) is 0.160. The van der Waals surface area contributed by atoms with Gasteiger partial charge in [-0.05, 0) is 61.0 Å². The van der Waals surface area contributed by atoms with Crippen molar-refractivity contribution in [1.82, 2.24) is 14.8 Å². The second kappa shape index (κ2) is 11.0. The van der Waals surface area contributed by atoms with Gasteiger partial charge in [-0.1, -0.05) is 53.7 Å². The van der Waals surface area contributed by atoms with Crippen LogP contribution in [-0.4, -0.2) is 26.4 Å². The van der Waals surface area contributed by atoms with E-state index in [1.807, 2.05) is 90.4 Å². The van der Waals surface area contributed by atoms with Crippen molar-refractivity contribution in [2.24, 2.45) is 0 Å². The molecule has 0 saturated carbocycles. The molecule has 1 amide bonds. The van der Waals surface area contributed by atoms with Crippen LogP contribution in [0.3, 0.4) is 0 Å². The van der Waals surface area contributed by atoms with E-state index in [-0.39, 0.29) is 11.7 Å². The second-order valence-corrected chi connectivity index (χ2v) is 8.57. The molecule has 0 saturated heterocycles. The van der Waals surface area contributed by atoms with Gasteiger partial charge in [0.25, 0.3) is 0 Å². The van der Waals surface area contributed by atoms with Crippen LogP contribution >= 0.6 is 23.4 Å². The maximum absolute atomic E-state index is 12.5. The SMILES string of the molecule is CCn1c(SCC(=O)Nc2ccc(OCc3ccccc3)cc2)nnc1-c1ccc(Cl)cc1. The standard InChI is InChI=1S/C25H23ClN4O2S/c1-2-30-24(19-8-10-20(26)11-9-19)28-29-25(30)33-17-23(31)27-21-12-14-22(15-13-21)32-16-18-6-4-3-5-7-18/h3-15H,2,16-17H2,1H3,(H,27,31). The summed E-state index contributed by atoms with van der Waals surface area (Å²) in [5.74, 6) is 1.61. The topological polar surface area (TPSA) is 69.0 Å². The van der Waals surface area contributed by atoms with Crippen LogP contribution in [0.1, 0.15) is 12.5 Å². The van der Waals surface area contributed by atoms with Gasteiger partial charge in [0.2, 0.25) is 5.91 Å². The molecule has 4 rings (SSSR count). The van der Waals surface area contributed by atoms with E-state index in [4.69, 9.17) is 16.3 Å². The van der Waals surface area contributed by atoms with Crippen LogP contribution in [-0.2, 0) is 17.9 Å². The van der Waals surface area contributed by atoms with Gasteiger partial charge in [0.15, 0.2) is 11.0 Å². The summed E-state index contributed by atoms with van der Waals surface area (Å²) < 4.78 is 7.77. The Morgan fingerprint density at radius 2 is 1.73 bits per heavy atom. The number of amides is 1. The summed E-state index contributed by atoms with van der Waals surface area (Å²) >= 11 is 7.33. The van der Waals surface area contributed by atoms with Crippen LogP contribution in [0.25, 0.3) is 11.4 Å². The molecule has 3 aromatic carbocycles. The zero-order valence-electron chi connectivity index (χ0n) is 18.1. The molecule has 4 aromatic rings. The number of thioether (sulfide) groups is 1. The van der Waals surface area contributed by atoms with Crippen molar-refractivity contribution in [2.75, 3.05) is 11.1 Å². The van der Waals surface area contributed by atoms with Gasteiger partial charge in [0.05, 0.1) is 5.75 Å². The first kappa shape index (κ1) is 22.9. The Labute approximate surface area is 202 Å². The highest BCUT2D eigenvalue weighted by Crippen LogP contribution is 2.25. The monoisotopic (exact) mass is 478 g/mol. The molecular formula is C25H23ClN4O2S. The molecule has 6 nitrogen and oxygen atoms in total. The number of carbonyl (C=O) groups is 1. The molecule has 0 spiro atoms. The fourth-order valence-electron chi connectivity index (χ4n) is 3.20. The normalized spacial score (nSPS) is 10.7. The number of carbonyl (C=O) groups excluding carboxylic acids is 1. The van der Waals surface area contributed by atoms with Gasteiger partial charge in [-0.2, -0.15) is 0 Å². The molecular weight excluding hydrogens is 456 g/mol. The number of benzene rings is 3. The zero-order chi connectivity index (χ0) is 23.0. The van der Waals surface area contributed by atoms with Crippen molar-refractivity contribution in [1.29, 1.82) is 0 Å². The van der Waals surface area contributed by atoms with Crippen LogP contribution < -0.4 is 10.1 Å². The molecule has 1 heterocycles. The molecule has 0 unspecified atom stereocenters. The maximum Gasteiger partial charge on any atom is 0.234 e. The molecule has 168 valence electrons. The van der Waals surface area contributed by atoms with Crippen molar-refractivity contribution in [2.45, 2.75) is 25.2 Å². The Balaban J connectivity index is 1.31. The van der Waals surface area contributed by atoms with E-state index in [0.29, 0.717) is 29.0 Å². The predicted octanol–water partition coefficient (Wildman–Crippen LogP) is 5.93. The Morgan fingerprint density at radius 3 is 2.42 bits per heavy atom. The minimum Gasteiger partial charge on any atom is -0.489 e. The smallest absolute Gasteiger partial charge is 0.234 e. The number of hydrogen-bond donors (Lipinski definition) is 1. The summed E-state index contributed by atoms with van der Waals surface area (Å²) in [6.07, 6.45) is 0. The molecule has 0 atom stereocenters. The fourth-order valence-corrected chi connectivity index (χ4v) is 4.12.